The summed E-state index contributed by atoms with van der Waals surface area (Å²) in [5.74, 6) is 1.98. The van der Waals surface area contributed by atoms with E-state index >= 15 is 0 Å². The minimum Gasteiger partial charge on any atom is -0.484 e. The Labute approximate surface area is 187 Å². The third kappa shape index (κ3) is 5.22. The molecule has 7 heteroatoms. The Hall–Kier alpha value is -3.48. The first-order valence-electron chi connectivity index (χ1n) is 10.8. The minimum absolute atomic E-state index is 0.0245. The number of benzene rings is 2. The molecule has 0 aliphatic carbocycles. The van der Waals surface area contributed by atoms with Crippen molar-refractivity contribution in [3.63, 3.8) is 0 Å². The smallest absolute Gasteiger partial charge is 0.260 e. The molecule has 0 N–H and O–H groups in total. The Morgan fingerprint density at radius 2 is 1.75 bits per heavy atom. The third-order valence-corrected chi connectivity index (χ3v) is 5.61. The van der Waals surface area contributed by atoms with Crippen LogP contribution in [0.5, 0.6) is 5.75 Å². The molecular weight excluding hydrogens is 407 g/mol. The highest BCUT2D eigenvalue weighted by atomic mass is 19.1. The maximum absolute atomic E-state index is 13.7. The normalized spacial score (nSPS) is 13.8. The first-order chi connectivity index (χ1) is 15.5. The van der Waals surface area contributed by atoms with Gasteiger partial charge in [-0.3, -0.25) is 4.79 Å². The summed E-state index contributed by atoms with van der Waals surface area (Å²) < 4.78 is 19.3. The highest BCUT2D eigenvalue weighted by Crippen LogP contribution is 2.25. The lowest BCUT2D eigenvalue weighted by molar-refractivity contribution is -0.133. The van der Waals surface area contributed by atoms with E-state index in [9.17, 15) is 9.18 Å². The molecule has 3 aromatic rings. The van der Waals surface area contributed by atoms with Crippen molar-refractivity contribution in [2.75, 3.05) is 37.7 Å². The zero-order valence-electron chi connectivity index (χ0n) is 18.4. The van der Waals surface area contributed by atoms with Crippen molar-refractivity contribution in [2.24, 2.45) is 0 Å². The number of anilines is 1. The van der Waals surface area contributed by atoms with Crippen LogP contribution in [0.2, 0.25) is 0 Å². The van der Waals surface area contributed by atoms with Gasteiger partial charge in [-0.1, -0.05) is 30.3 Å². The molecule has 1 aromatic heterocycles. The number of halogens is 1. The highest BCUT2D eigenvalue weighted by Gasteiger charge is 2.25. The molecule has 6 nitrogen and oxygen atoms in total. The van der Waals surface area contributed by atoms with Gasteiger partial charge in [0.15, 0.2) is 6.61 Å². The molecule has 0 radical (unpaired) electrons. The SMILES string of the molecule is Cc1nc(C)c(Cc2cccc(F)c2)c(N2CCN(C(=O)COc3ccccc3)CC2)n1. The van der Waals surface area contributed by atoms with E-state index in [-0.39, 0.29) is 18.3 Å². The number of aromatic nitrogens is 2. The Morgan fingerprint density at radius 1 is 1.00 bits per heavy atom. The lowest BCUT2D eigenvalue weighted by Gasteiger charge is -2.36. The molecule has 0 spiro atoms. The number of para-hydroxylation sites is 1. The second-order valence-corrected chi connectivity index (χ2v) is 7.93. The molecule has 1 fully saturated rings. The number of hydrogen-bond donors (Lipinski definition) is 0. The second-order valence-electron chi connectivity index (χ2n) is 7.93. The third-order valence-electron chi connectivity index (χ3n) is 5.61. The predicted octanol–water partition coefficient (Wildman–Crippen LogP) is 3.55. The monoisotopic (exact) mass is 434 g/mol. The standard InChI is InChI=1S/C25H27FN4O2/c1-18-23(16-20-7-6-8-21(26)15-20)25(28-19(2)27-18)30-13-11-29(12-14-30)24(31)17-32-22-9-4-3-5-10-22/h3-10,15H,11-14,16-17H2,1-2H3. The van der Waals surface area contributed by atoms with Crippen LogP contribution in [0.1, 0.15) is 22.6 Å². The molecule has 1 aliphatic heterocycles. The number of ether oxygens (including phenoxy) is 1. The molecule has 0 unspecified atom stereocenters. The molecule has 4 rings (SSSR count). The van der Waals surface area contributed by atoms with Gasteiger partial charge in [0.25, 0.3) is 5.91 Å². The van der Waals surface area contributed by atoms with Crippen molar-refractivity contribution in [3.8, 4) is 5.75 Å². The van der Waals surface area contributed by atoms with Gasteiger partial charge in [-0.05, 0) is 43.7 Å². The van der Waals surface area contributed by atoms with Gasteiger partial charge in [-0.25, -0.2) is 14.4 Å². The van der Waals surface area contributed by atoms with Gasteiger partial charge in [-0.2, -0.15) is 0 Å². The molecule has 0 bridgehead atoms. The number of carbonyl (C=O) groups excluding carboxylic acids is 1. The molecular formula is C25H27FN4O2. The fourth-order valence-corrected chi connectivity index (χ4v) is 3.96. The summed E-state index contributed by atoms with van der Waals surface area (Å²) >= 11 is 0. The summed E-state index contributed by atoms with van der Waals surface area (Å²) in [6, 6.07) is 16.0. The summed E-state index contributed by atoms with van der Waals surface area (Å²) in [7, 11) is 0. The summed E-state index contributed by atoms with van der Waals surface area (Å²) in [6.45, 7) is 6.40. The number of piperazine rings is 1. The van der Waals surface area contributed by atoms with E-state index in [2.05, 4.69) is 9.88 Å². The van der Waals surface area contributed by atoms with Crippen LogP contribution >= 0.6 is 0 Å². The Bertz CT molecular complexity index is 1080. The molecule has 0 saturated carbocycles. The average Bonchev–Trinajstić information content (AvgIpc) is 2.80. The number of carbonyl (C=O) groups is 1. The van der Waals surface area contributed by atoms with E-state index in [1.165, 1.54) is 6.07 Å². The van der Waals surface area contributed by atoms with Crippen LogP contribution in [0.3, 0.4) is 0 Å². The summed E-state index contributed by atoms with van der Waals surface area (Å²) in [5.41, 5.74) is 2.77. The van der Waals surface area contributed by atoms with Crippen molar-refractivity contribution >= 4 is 11.7 Å². The molecule has 1 amide bonds. The Morgan fingerprint density at radius 3 is 2.47 bits per heavy atom. The van der Waals surface area contributed by atoms with E-state index < -0.39 is 0 Å². The van der Waals surface area contributed by atoms with Gasteiger partial charge in [0.1, 0.15) is 23.2 Å². The molecule has 1 saturated heterocycles. The molecule has 1 aliphatic rings. The van der Waals surface area contributed by atoms with E-state index in [4.69, 9.17) is 9.72 Å². The van der Waals surface area contributed by atoms with Crippen molar-refractivity contribution in [2.45, 2.75) is 20.3 Å². The molecule has 0 atom stereocenters. The quantitative estimate of drug-likeness (QED) is 0.594. The van der Waals surface area contributed by atoms with Crippen LogP contribution in [-0.2, 0) is 11.2 Å². The van der Waals surface area contributed by atoms with Crippen molar-refractivity contribution < 1.29 is 13.9 Å². The van der Waals surface area contributed by atoms with Crippen molar-refractivity contribution in [1.82, 2.24) is 14.9 Å². The molecule has 2 aromatic carbocycles. The first-order valence-corrected chi connectivity index (χ1v) is 10.8. The highest BCUT2D eigenvalue weighted by molar-refractivity contribution is 5.78. The van der Waals surface area contributed by atoms with E-state index in [1.54, 1.807) is 12.1 Å². The lowest BCUT2D eigenvalue weighted by atomic mass is 10.0. The van der Waals surface area contributed by atoms with Crippen molar-refractivity contribution in [1.29, 1.82) is 0 Å². The average molecular weight is 435 g/mol. The fraction of sp³-hybridized carbons (Fsp3) is 0.320. The second kappa shape index (κ2) is 9.77. The zero-order chi connectivity index (χ0) is 22.5. The number of nitrogens with zero attached hydrogens (tertiary/aromatic N) is 4. The first kappa shape index (κ1) is 21.7. The van der Waals surface area contributed by atoms with Gasteiger partial charge < -0.3 is 14.5 Å². The van der Waals surface area contributed by atoms with Gasteiger partial charge in [0, 0.05) is 43.9 Å². The largest absolute Gasteiger partial charge is 0.484 e. The summed E-state index contributed by atoms with van der Waals surface area (Å²) in [4.78, 5) is 25.8. The fourth-order valence-electron chi connectivity index (χ4n) is 3.96. The predicted molar refractivity (Wildman–Crippen MR) is 121 cm³/mol. The number of aryl methyl sites for hydroxylation is 2. The lowest BCUT2D eigenvalue weighted by Crippen LogP contribution is -2.50. The molecule has 32 heavy (non-hydrogen) atoms. The van der Waals surface area contributed by atoms with Crippen LogP contribution in [0, 0.1) is 19.7 Å². The number of amides is 1. The topological polar surface area (TPSA) is 58.6 Å². The number of rotatable bonds is 6. The van der Waals surface area contributed by atoms with Crippen LogP contribution in [0.4, 0.5) is 10.2 Å². The molecule has 166 valence electrons. The van der Waals surface area contributed by atoms with Crippen LogP contribution in [0.25, 0.3) is 0 Å². The van der Waals surface area contributed by atoms with E-state index in [0.717, 1.165) is 22.6 Å². The van der Waals surface area contributed by atoms with Gasteiger partial charge >= 0.3 is 0 Å². The maximum Gasteiger partial charge on any atom is 0.260 e. The van der Waals surface area contributed by atoms with Gasteiger partial charge in [0.05, 0.1) is 0 Å². The van der Waals surface area contributed by atoms with Crippen molar-refractivity contribution in [3.05, 3.63) is 83.1 Å². The number of hydrogen-bond acceptors (Lipinski definition) is 5. The Balaban J connectivity index is 1.43. The van der Waals surface area contributed by atoms with Gasteiger partial charge in [-0.15, -0.1) is 0 Å². The van der Waals surface area contributed by atoms with E-state index in [1.807, 2.05) is 55.1 Å². The van der Waals surface area contributed by atoms with Crippen LogP contribution in [-0.4, -0.2) is 53.6 Å². The minimum atomic E-state index is -0.250. The zero-order valence-corrected chi connectivity index (χ0v) is 18.4. The van der Waals surface area contributed by atoms with Gasteiger partial charge in [0.2, 0.25) is 0 Å². The summed E-state index contributed by atoms with van der Waals surface area (Å²) in [5, 5.41) is 0. The van der Waals surface area contributed by atoms with E-state index in [0.29, 0.717) is 44.2 Å². The summed E-state index contributed by atoms with van der Waals surface area (Å²) in [6.07, 6.45) is 0.559. The van der Waals surface area contributed by atoms with Crippen LogP contribution < -0.4 is 9.64 Å². The van der Waals surface area contributed by atoms with Crippen LogP contribution in [0.15, 0.2) is 54.6 Å². The maximum atomic E-state index is 13.7. The molecule has 2 heterocycles. The Kier molecular flexibility index (Phi) is 6.63.